The maximum absolute atomic E-state index is 5.58. The molecule has 0 aliphatic carbocycles. The van der Waals surface area contributed by atoms with Crippen molar-refractivity contribution in [2.45, 2.75) is 0 Å². The van der Waals surface area contributed by atoms with E-state index in [1.54, 1.807) is 19.5 Å². The third kappa shape index (κ3) is 2.96. The number of methoxy groups -OCH3 is 1. The van der Waals surface area contributed by atoms with Crippen molar-refractivity contribution in [2.24, 2.45) is 0 Å². The van der Waals surface area contributed by atoms with E-state index in [4.69, 9.17) is 4.74 Å². The highest BCUT2D eigenvalue weighted by Crippen LogP contribution is 2.27. The van der Waals surface area contributed by atoms with Crippen LogP contribution in [0.1, 0.15) is 11.4 Å². The Kier molecular flexibility index (Phi) is 3.89. The van der Waals surface area contributed by atoms with E-state index in [-0.39, 0.29) is 0 Å². The minimum Gasteiger partial charge on any atom is -0.482 e. The molecule has 0 saturated heterocycles. The maximum atomic E-state index is 5.58. The van der Waals surface area contributed by atoms with E-state index >= 15 is 0 Å². The number of aromatic nitrogens is 3. The number of pyridine rings is 2. The highest BCUT2D eigenvalue weighted by Gasteiger charge is 2.10. The largest absolute Gasteiger partial charge is 0.482 e. The van der Waals surface area contributed by atoms with Gasteiger partial charge in [-0.1, -0.05) is 36.4 Å². The fourth-order valence-corrected chi connectivity index (χ4v) is 2.68. The zero-order valence-electron chi connectivity index (χ0n) is 13.7. The van der Waals surface area contributed by atoms with Crippen molar-refractivity contribution in [3.8, 4) is 28.8 Å². The molecule has 4 heteroatoms. The van der Waals surface area contributed by atoms with Gasteiger partial charge in [0.15, 0.2) is 0 Å². The number of fused-ring (bicyclic) bond motifs is 1. The van der Waals surface area contributed by atoms with Crippen molar-refractivity contribution in [1.29, 1.82) is 0 Å². The lowest BCUT2D eigenvalue weighted by molar-refractivity contribution is 0.392. The molecule has 0 aliphatic rings. The monoisotopic (exact) mass is 325 g/mol. The molecule has 4 nitrogen and oxygen atoms in total. The zero-order valence-corrected chi connectivity index (χ0v) is 13.7. The lowest BCUT2D eigenvalue weighted by Crippen LogP contribution is -1.97. The van der Waals surface area contributed by atoms with Crippen LogP contribution in [0.25, 0.3) is 16.8 Å². The number of imidazole rings is 1. The molecule has 0 aliphatic heterocycles. The fraction of sp³-hybridized carbons (Fsp3) is 0.0476. The molecule has 0 amide bonds. The maximum Gasteiger partial charge on any atom is 0.200 e. The predicted octanol–water partition coefficient (Wildman–Crippen LogP) is 3.80. The molecule has 0 atom stereocenters. The van der Waals surface area contributed by atoms with E-state index in [1.807, 2.05) is 52.9 Å². The van der Waals surface area contributed by atoms with Gasteiger partial charge in [-0.15, -0.1) is 0 Å². The molecular weight excluding hydrogens is 310 g/mol. The topological polar surface area (TPSA) is 39.4 Å². The van der Waals surface area contributed by atoms with Gasteiger partial charge in [0.1, 0.15) is 17.0 Å². The zero-order chi connectivity index (χ0) is 17.1. The molecular formula is C21H15N3O. The first kappa shape index (κ1) is 15.0. The summed E-state index contributed by atoms with van der Waals surface area (Å²) in [5.41, 5.74) is 4.45. The Labute approximate surface area is 145 Å². The molecule has 3 aromatic heterocycles. The minimum atomic E-state index is 0.694. The molecule has 0 fully saturated rings. The Bertz CT molecular complexity index is 1070. The van der Waals surface area contributed by atoms with Crippen molar-refractivity contribution >= 4 is 5.65 Å². The summed E-state index contributed by atoms with van der Waals surface area (Å²) >= 11 is 0. The van der Waals surface area contributed by atoms with Crippen LogP contribution in [0.2, 0.25) is 0 Å². The molecule has 25 heavy (non-hydrogen) atoms. The van der Waals surface area contributed by atoms with Crippen LogP contribution in [-0.2, 0) is 0 Å². The summed E-state index contributed by atoms with van der Waals surface area (Å²) in [5.74, 6) is 6.88. The van der Waals surface area contributed by atoms with E-state index in [2.05, 4.69) is 33.9 Å². The summed E-state index contributed by atoms with van der Waals surface area (Å²) in [6.45, 7) is 0. The second kappa shape index (κ2) is 6.50. The highest BCUT2D eigenvalue weighted by atomic mass is 16.5. The highest BCUT2D eigenvalue weighted by molar-refractivity contribution is 5.70. The van der Waals surface area contributed by atoms with Crippen LogP contribution in [0.3, 0.4) is 0 Å². The molecule has 4 rings (SSSR count). The smallest absolute Gasteiger partial charge is 0.200 e. The third-order valence-electron chi connectivity index (χ3n) is 3.87. The molecule has 0 N–H and O–H groups in total. The van der Waals surface area contributed by atoms with Crippen LogP contribution in [-0.4, -0.2) is 21.5 Å². The van der Waals surface area contributed by atoms with Gasteiger partial charge >= 0.3 is 0 Å². The van der Waals surface area contributed by atoms with Gasteiger partial charge in [0, 0.05) is 12.3 Å². The second-order valence-electron chi connectivity index (χ2n) is 5.45. The van der Waals surface area contributed by atoms with E-state index in [0.717, 1.165) is 28.2 Å². The first-order chi connectivity index (χ1) is 12.3. The number of rotatable bonds is 2. The van der Waals surface area contributed by atoms with E-state index in [1.165, 1.54) is 0 Å². The van der Waals surface area contributed by atoms with Crippen LogP contribution in [0.4, 0.5) is 0 Å². The van der Waals surface area contributed by atoms with Crippen LogP contribution in [0.5, 0.6) is 5.88 Å². The summed E-state index contributed by atoms with van der Waals surface area (Å²) in [6.07, 6.45) is 3.48. The molecule has 0 bridgehead atoms. The Morgan fingerprint density at radius 2 is 1.72 bits per heavy atom. The summed E-state index contributed by atoms with van der Waals surface area (Å²) in [4.78, 5) is 8.71. The Morgan fingerprint density at radius 1 is 0.880 bits per heavy atom. The fourth-order valence-electron chi connectivity index (χ4n) is 2.68. The molecule has 0 unspecified atom stereocenters. The lowest BCUT2D eigenvalue weighted by atomic mass is 10.1. The van der Waals surface area contributed by atoms with Gasteiger partial charge in [0.05, 0.1) is 13.3 Å². The molecule has 0 radical (unpaired) electrons. The van der Waals surface area contributed by atoms with Crippen molar-refractivity contribution in [3.63, 3.8) is 0 Å². The predicted molar refractivity (Wildman–Crippen MR) is 97.4 cm³/mol. The van der Waals surface area contributed by atoms with Crippen LogP contribution in [0, 0.1) is 11.8 Å². The average molecular weight is 325 g/mol. The third-order valence-corrected chi connectivity index (χ3v) is 3.87. The summed E-state index contributed by atoms with van der Waals surface area (Å²) < 4.78 is 7.49. The molecule has 3 heterocycles. The van der Waals surface area contributed by atoms with E-state index < -0.39 is 0 Å². The number of hydrogen-bond donors (Lipinski definition) is 0. The standard InChI is InChI=1S/C21H15N3O/c1-25-21-14-17(16-7-3-2-4-8-16)13-20-23-15-19(24(20)21)11-10-18-9-5-6-12-22-18/h2-9,12-15H,1H3. The normalized spacial score (nSPS) is 10.3. The minimum absolute atomic E-state index is 0.694. The Hall–Kier alpha value is -3.58. The van der Waals surface area contributed by atoms with E-state index in [9.17, 15) is 0 Å². The first-order valence-electron chi connectivity index (χ1n) is 7.89. The molecule has 4 aromatic rings. The average Bonchev–Trinajstić information content (AvgIpc) is 3.10. The summed E-state index contributed by atoms with van der Waals surface area (Å²) in [7, 11) is 1.65. The molecule has 1 aromatic carbocycles. The summed E-state index contributed by atoms with van der Waals surface area (Å²) in [5, 5.41) is 0. The Morgan fingerprint density at radius 3 is 2.48 bits per heavy atom. The van der Waals surface area contributed by atoms with Crippen LogP contribution in [0.15, 0.2) is 73.1 Å². The number of hydrogen-bond acceptors (Lipinski definition) is 3. The number of ether oxygens (including phenoxy) is 1. The summed E-state index contributed by atoms with van der Waals surface area (Å²) in [6, 6.07) is 19.8. The van der Waals surface area contributed by atoms with Crippen molar-refractivity contribution in [2.75, 3.05) is 7.11 Å². The van der Waals surface area contributed by atoms with Crippen LogP contribution < -0.4 is 4.74 Å². The van der Waals surface area contributed by atoms with Gasteiger partial charge < -0.3 is 4.74 Å². The quantitative estimate of drug-likeness (QED) is 0.526. The van der Waals surface area contributed by atoms with E-state index in [0.29, 0.717) is 5.88 Å². The number of nitrogens with zero attached hydrogens (tertiary/aromatic N) is 3. The molecule has 0 saturated carbocycles. The molecule has 120 valence electrons. The van der Waals surface area contributed by atoms with Crippen LogP contribution >= 0.6 is 0 Å². The van der Waals surface area contributed by atoms with Gasteiger partial charge in [0.2, 0.25) is 5.88 Å². The molecule has 0 spiro atoms. The first-order valence-corrected chi connectivity index (χ1v) is 7.89. The van der Waals surface area contributed by atoms with Crippen molar-refractivity contribution in [3.05, 3.63) is 84.4 Å². The van der Waals surface area contributed by atoms with Gasteiger partial charge in [0.25, 0.3) is 0 Å². The van der Waals surface area contributed by atoms with Gasteiger partial charge in [-0.3, -0.25) is 4.40 Å². The van der Waals surface area contributed by atoms with Gasteiger partial charge in [-0.2, -0.15) is 0 Å². The Balaban J connectivity index is 1.83. The SMILES string of the molecule is COc1cc(-c2ccccc2)cc2ncc(C#Cc3ccccn3)n12. The van der Waals surface area contributed by atoms with Crippen molar-refractivity contribution in [1.82, 2.24) is 14.4 Å². The lowest BCUT2D eigenvalue weighted by Gasteiger charge is -2.09. The number of benzene rings is 1. The van der Waals surface area contributed by atoms with Gasteiger partial charge in [-0.25, -0.2) is 9.97 Å². The second-order valence-corrected chi connectivity index (χ2v) is 5.45. The van der Waals surface area contributed by atoms with Gasteiger partial charge in [-0.05, 0) is 41.2 Å². The van der Waals surface area contributed by atoms with Crippen molar-refractivity contribution < 1.29 is 4.74 Å².